The van der Waals surface area contributed by atoms with Crippen LogP contribution in [-0.2, 0) is 14.3 Å². The third-order valence-electron chi connectivity index (χ3n) is 5.12. The van der Waals surface area contributed by atoms with Gasteiger partial charge >= 0.3 is 6.03 Å². The van der Waals surface area contributed by atoms with Crippen LogP contribution in [0.1, 0.15) is 32.4 Å². The van der Waals surface area contributed by atoms with E-state index in [1.165, 1.54) is 4.90 Å². The Kier molecular flexibility index (Phi) is 5.24. The van der Waals surface area contributed by atoms with Crippen molar-refractivity contribution in [3.8, 4) is 0 Å². The number of hydrogen-bond donors (Lipinski definition) is 0. The van der Waals surface area contributed by atoms with Crippen LogP contribution >= 0.6 is 0 Å². The summed E-state index contributed by atoms with van der Waals surface area (Å²) in [7, 11) is 1.56. The molecule has 0 saturated carbocycles. The lowest BCUT2D eigenvalue weighted by molar-refractivity contribution is -0.158. The first-order valence-corrected chi connectivity index (χ1v) is 9.20. The molecule has 2 aliphatic heterocycles. The Labute approximate surface area is 159 Å². The van der Waals surface area contributed by atoms with Crippen LogP contribution in [0.3, 0.4) is 0 Å². The number of imide groups is 1. The summed E-state index contributed by atoms with van der Waals surface area (Å²) in [5, 5.41) is 0. The van der Waals surface area contributed by atoms with Crippen LogP contribution < -0.4 is 0 Å². The molecule has 1 aromatic carbocycles. The summed E-state index contributed by atoms with van der Waals surface area (Å²) in [4.78, 5) is 41.0. The van der Waals surface area contributed by atoms with Gasteiger partial charge in [0, 0.05) is 13.6 Å². The van der Waals surface area contributed by atoms with Gasteiger partial charge in [-0.15, -0.1) is 0 Å². The second-order valence-corrected chi connectivity index (χ2v) is 8.31. The van der Waals surface area contributed by atoms with Gasteiger partial charge in [-0.05, 0) is 11.0 Å². The highest BCUT2D eigenvalue weighted by Gasteiger charge is 2.40. The SMILES string of the molecule is CN1CC(=O)N(CC(=O)N2C[C@@H](c3ccccc3)O[C@@H](C(C)(C)C)C2)C1=O. The predicted molar refractivity (Wildman–Crippen MR) is 99.8 cm³/mol. The van der Waals surface area contributed by atoms with Crippen molar-refractivity contribution in [2.45, 2.75) is 33.0 Å². The third-order valence-corrected chi connectivity index (χ3v) is 5.12. The lowest BCUT2D eigenvalue weighted by atomic mass is 9.87. The van der Waals surface area contributed by atoms with Crippen LogP contribution in [0.5, 0.6) is 0 Å². The van der Waals surface area contributed by atoms with Gasteiger partial charge in [-0.3, -0.25) is 14.5 Å². The Morgan fingerprint density at radius 1 is 1.15 bits per heavy atom. The van der Waals surface area contributed by atoms with Gasteiger partial charge in [0.05, 0.1) is 12.6 Å². The summed E-state index contributed by atoms with van der Waals surface area (Å²) >= 11 is 0. The number of carbonyl (C=O) groups is 3. The Morgan fingerprint density at radius 3 is 2.37 bits per heavy atom. The molecule has 27 heavy (non-hydrogen) atoms. The maximum absolute atomic E-state index is 12.9. The molecule has 0 radical (unpaired) electrons. The number of likely N-dealkylation sites (N-methyl/N-ethyl adjacent to an activating group) is 1. The zero-order valence-corrected chi connectivity index (χ0v) is 16.3. The molecule has 0 N–H and O–H groups in total. The Balaban J connectivity index is 1.77. The van der Waals surface area contributed by atoms with Gasteiger partial charge in [-0.25, -0.2) is 4.79 Å². The molecule has 0 spiro atoms. The fraction of sp³-hybridized carbons (Fsp3) is 0.550. The highest BCUT2D eigenvalue weighted by molar-refractivity contribution is 6.04. The molecule has 146 valence electrons. The largest absolute Gasteiger partial charge is 0.366 e. The van der Waals surface area contributed by atoms with Crippen molar-refractivity contribution in [2.75, 3.05) is 33.2 Å². The maximum atomic E-state index is 12.9. The van der Waals surface area contributed by atoms with E-state index in [-0.39, 0.29) is 42.5 Å². The summed E-state index contributed by atoms with van der Waals surface area (Å²) in [6.07, 6.45) is -0.381. The van der Waals surface area contributed by atoms with Gasteiger partial charge in [0.1, 0.15) is 19.2 Å². The molecule has 7 heteroatoms. The number of rotatable bonds is 3. The van der Waals surface area contributed by atoms with Crippen molar-refractivity contribution >= 4 is 17.8 Å². The average Bonchev–Trinajstić information content (AvgIpc) is 2.87. The van der Waals surface area contributed by atoms with Crippen molar-refractivity contribution in [1.29, 1.82) is 0 Å². The number of morpholine rings is 1. The minimum atomic E-state index is -0.423. The van der Waals surface area contributed by atoms with Crippen molar-refractivity contribution in [3.63, 3.8) is 0 Å². The quantitative estimate of drug-likeness (QED) is 0.759. The zero-order valence-electron chi connectivity index (χ0n) is 16.3. The van der Waals surface area contributed by atoms with Gasteiger partial charge in [0.25, 0.3) is 5.91 Å². The zero-order chi connectivity index (χ0) is 19.8. The molecule has 2 saturated heterocycles. The number of ether oxygens (including phenoxy) is 1. The van der Waals surface area contributed by atoms with Gasteiger partial charge in [0.2, 0.25) is 5.91 Å². The lowest BCUT2D eigenvalue weighted by Gasteiger charge is -2.43. The van der Waals surface area contributed by atoms with Gasteiger partial charge in [0.15, 0.2) is 0 Å². The molecule has 2 aliphatic rings. The minimum absolute atomic E-state index is 0.0203. The fourth-order valence-electron chi connectivity index (χ4n) is 3.35. The summed E-state index contributed by atoms with van der Waals surface area (Å²) in [6.45, 7) is 6.88. The van der Waals surface area contributed by atoms with E-state index >= 15 is 0 Å². The number of amides is 4. The predicted octanol–water partition coefficient (Wildman–Crippen LogP) is 1.90. The fourth-order valence-corrected chi connectivity index (χ4v) is 3.35. The number of carbonyl (C=O) groups excluding carboxylic acids is 3. The number of urea groups is 1. The summed E-state index contributed by atoms with van der Waals surface area (Å²) in [5.41, 5.74) is 0.864. The highest BCUT2D eigenvalue weighted by Crippen LogP contribution is 2.33. The van der Waals surface area contributed by atoms with E-state index in [9.17, 15) is 14.4 Å². The van der Waals surface area contributed by atoms with Crippen LogP contribution in [0.15, 0.2) is 30.3 Å². The number of hydrogen-bond acceptors (Lipinski definition) is 4. The smallest absolute Gasteiger partial charge is 0.327 e. The standard InChI is InChI=1S/C20H27N3O4/c1-20(2,3)16-11-22(10-15(27-16)14-8-6-5-7-9-14)17(24)13-23-18(25)12-21(4)19(23)26/h5-9,15-16H,10-13H2,1-4H3/t15-,16+/m0/s1. The topological polar surface area (TPSA) is 70.2 Å². The van der Waals surface area contributed by atoms with Gasteiger partial charge < -0.3 is 14.5 Å². The Morgan fingerprint density at radius 2 is 1.81 bits per heavy atom. The van der Waals surface area contributed by atoms with E-state index in [4.69, 9.17) is 4.74 Å². The van der Waals surface area contributed by atoms with Gasteiger partial charge in [-0.2, -0.15) is 0 Å². The minimum Gasteiger partial charge on any atom is -0.366 e. The molecule has 0 bridgehead atoms. The van der Waals surface area contributed by atoms with E-state index in [1.54, 1.807) is 11.9 Å². The molecule has 1 aromatic rings. The molecule has 7 nitrogen and oxygen atoms in total. The van der Waals surface area contributed by atoms with Crippen molar-refractivity contribution < 1.29 is 19.1 Å². The van der Waals surface area contributed by atoms with E-state index in [0.29, 0.717) is 13.1 Å². The van der Waals surface area contributed by atoms with E-state index in [1.807, 2.05) is 30.3 Å². The lowest BCUT2D eigenvalue weighted by Crippen LogP contribution is -2.53. The summed E-state index contributed by atoms with van der Waals surface area (Å²) < 4.78 is 6.30. The molecule has 3 rings (SSSR count). The maximum Gasteiger partial charge on any atom is 0.327 e. The third kappa shape index (κ3) is 4.13. The molecule has 0 aliphatic carbocycles. The van der Waals surface area contributed by atoms with Crippen LogP contribution in [0, 0.1) is 5.41 Å². The molecule has 4 amide bonds. The second-order valence-electron chi connectivity index (χ2n) is 8.31. The van der Waals surface area contributed by atoms with E-state index in [2.05, 4.69) is 20.8 Å². The van der Waals surface area contributed by atoms with Crippen molar-refractivity contribution in [1.82, 2.24) is 14.7 Å². The molecule has 2 heterocycles. The Bertz CT molecular complexity index is 728. The first kappa shape index (κ1) is 19.4. The van der Waals surface area contributed by atoms with Crippen LogP contribution in [0.4, 0.5) is 4.79 Å². The average molecular weight is 373 g/mol. The first-order chi connectivity index (χ1) is 12.7. The first-order valence-electron chi connectivity index (χ1n) is 9.20. The highest BCUT2D eigenvalue weighted by atomic mass is 16.5. The van der Waals surface area contributed by atoms with E-state index < -0.39 is 6.03 Å². The second kappa shape index (κ2) is 7.31. The number of benzene rings is 1. The number of nitrogens with zero attached hydrogens (tertiary/aromatic N) is 3. The van der Waals surface area contributed by atoms with E-state index in [0.717, 1.165) is 10.5 Å². The summed E-state index contributed by atoms with van der Waals surface area (Å²) in [6, 6.07) is 9.39. The van der Waals surface area contributed by atoms with Crippen LogP contribution in [0.25, 0.3) is 0 Å². The molecule has 0 unspecified atom stereocenters. The monoisotopic (exact) mass is 373 g/mol. The normalized spacial score (nSPS) is 23.9. The molecule has 2 fully saturated rings. The Hall–Kier alpha value is -2.41. The van der Waals surface area contributed by atoms with Gasteiger partial charge in [-0.1, -0.05) is 51.1 Å². The molecule has 0 aromatic heterocycles. The summed E-state index contributed by atoms with van der Waals surface area (Å²) in [5.74, 6) is -0.568. The van der Waals surface area contributed by atoms with Crippen molar-refractivity contribution in [2.24, 2.45) is 5.41 Å². The van der Waals surface area contributed by atoms with Crippen molar-refractivity contribution in [3.05, 3.63) is 35.9 Å². The van der Waals surface area contributed by atoms with Crippen LogP contribution in [-0.4, -0.2) is 71.9 Å². The molecular weight excluding hydrogens is 346 g/mol. The molecule has 2 atom stereocenters. The van der Waals surface area contributed by atoms with Crippen LogP contribution in [0.2, 0.25) is 0 Å². The molecular formula is C20H27N3O4.